The summed E-state index contributed by atoms with van der Waals surface area (Å²) in [6, 6.07) is 11.4. The van der Waals surface area contributed by atoms with Gasteiger partial charge in [-0.2, -0.15) is 0 Å². The van der Waals surface area contributed by atoms with E-state index in [-0.39, 0.29) is 11.6 Å². The second kappa shape index (κ2) is 5.63. The minimum absolute atomic E-state index is 0.273. The van der Waals surface area contributed by atoms with Gasteiger partial charge in [-0.15, -0.1) is 0 Å². The third-order valence-corrected chi connectivity index (χ3v) is 4.85. The molecule has 1 atom stereocenters. The van der Waals surface area contributed by atoms with E-state index in [1.165, 1.54) is 12.1 Å². The molecule has 0 heterocycles. The van der Waals surface area contributed by atoms with Crippen LogP contribution in [0.4, 0.5) is 10.1 Å². The summed E-state index contributed by atoms with van der Waals surface area (Å²) in [7, 11) is -1.21. The van der Waals surface area contributed by atoms with E-state index >= 15 is 0 Å². The van der Waals surface area contributed by atoms with Crippen molar-refractivity contribution in [1.29, 1.82) is 0 Å². The van der Waals surface area contributed by atoms with Gasteiger partial charge in [0.2, 0.25) is 0 Å². The average Bonchev–Trinajstić information content (AvgIpc) is 2.33. The molecule has 0 aliphatic heterocycles. The minimum atomic E-state index is -1.21. The van der Waals surface area contributed by atoms with E-state index in [2.05, 4.69) is 15.9 Å². The topological polar surface area (TPSA) is 43.1 Å². The fourth-order valence-electron chi connectivity index (χ4n) is 1.55. The molecule has 2 aromatic rings. The standard InChI is InChI=1S/C13H11BrFNOS/c14-11-3-1-2-4-13(11)18(17)8-9-5-6-10(15)7-12(9)16/h1-7H,8,16H2. The zero-order chi connectivity index (χ0) is 13.1. The Bertz CT molecular complexity index is 603. The van der Waals surface area contributed by atoms with E-state index in [1.54, 1.807) is 12.1 Å². The Morgan fingerprint density at radius 2 is 1.94 bits per heavy atom. The average molecular weight is 328 g/mol. The predicted molar refractivity (Wildman–Crippen MR) is 75.1 cm³/mol. The molecule has 2 aromatic carbocycles. The molecule has 0 fully saturated rings. The van der Waals surface area contributed by atoms with Gasteiger partial charge in [-0.1, -0.05) is 18.2 Å². The molecule has 0 amide bonds. The smallest absolute Gasteiger partial charge is 0.125 e. The van der Waals surface area contributed by atoms with Gasteiger partial charge in [-0.3, -0.25) is 4.21 Å². The molecular weight excluding hydrogens is 317 g/mol. The van der Waals surface area contributed by atoms with E-state index in [1.807, 2.05) is 18.2 Å². The number of hydrogen-bond acceptors (Lipinski definition) is 2. The first kappa shape index (κ1) is 13.2. The van der Waals surface area contributed by atoms with Crippen LogP contribution in [-0.4, -0.2) is 4.21 Å². The summed E-state index contributed by atoms with van der Waals surface area (Å²) in [5, 5.41) is 0. The van der Waals surface area contributed by atoms with E-state index in [9.17, 15) is 8.60 Å². The lowest BCUT2D eigenvalue weighted by atomic mass is 10.2. The van der Waals surface area contributed by atoms with Crippen LogP contribution in [0.25, 0.3) is 0 Å². The highest BCUT2D eigenvalue weighted by atomic mass is 79.9. The number of rotatable bonds is 3. The summed E-state index contributed by atoms with van der Waals surface area (Å²) in [5.74, 6) is -0.114. The van der Waals surface area contributed by atoms with Gasteiger partial charge in [0.25, 0.3) is 0 Å². The van der Waals surface area contributed by atoms with E-state index < -0.39 is 10.8 Å². The number of anilines is 1. The largest absolute Gasteiger partial charge is 0.398 e. The van der Waals surface area contributed by atoms with Crippen LogP contribution in [0.5, 0.6) is 0 Å². The minimum Gasteiger partial charge on any atom is -0.398 e. The van der Waals surface area contributed by atoms with Crippen LogP contribution in [-0.2, 0) is 16.6 Å². The number of halogens is 2. The van der Waals surface area contributed by atoms with Gasteiger partial charge in [0.1, 0.15) is 5.82 Å². The SMILES string of the molecule is Nc1cc(F)ccc1CS(=O)c1ccccc1Br. The number of benzene rings is 2. The van der Waals surface area contributed by atoms with Crippen LogP contribution in [0.1, 0.15) is 5.56 Å². The molecule has 0 radical (unpaired) electrons. The Morgan fingerprint density at radius 1 is 1.22 bits per heavy atom. The molecule has 2 nitrogen and oxygen atoms in total. The molecule has 0 aromatic heterocycles. The summed E-state index contributed by atoms with van der Waals surface area (Å²) in [5.41, 5.74) is 6.71. The Hall–Kier alpha value is -1.20. The first-order chi connectivity index (χ1) is 8.58. The molecule has 2 rings (SSSR count). The van der Waals surface area contributed by atoms with Crippen LogP contribution in [0, 0.1) is 5.82 Å². The second-order valence-corrected chi connectivity index (χ2v) is 6.04. The van der Waals surface area contributed by atoms with Gasteiger partial charge in [-0.05, 0) is 45.8 Å². The van der Waals surface area contributed by atoms with Crippen molar-refractivity contribution in [1.82, 2.24) is 0 Å². The highest BCUT2D eigenvalue weighted by Gasteiger charge is 2.10. The summed E-state index contributed by atoms with van der Waals surface area (Å²) in [6.07, 6.45) is 0. The van der Waals surface area contributed by atoms with Gasteiger partial charge < -0.3 is 5.73 Å². The normalized spacial score (nSPS) is 12.3. The van der Waals surface area contributed by atoms with Crippen molar-refractivity contribution in [3.63, 3.8) is 0 Å². The van der Waals surface area contributed by atoms with Crippen molar-refractivity contribution in [2.24, 2.45) is 0 Å². The molecule has 0 saturated heterocycles. The third-order valence-electron chi connectivity index (χ3n) is 2.48. The van der Waals surface area contributed by atoms with Crippen LogP contribution in [0.15, 0.2) is 51.8 Å². The van der Waals surface area contributed by atoms with Gasteiger partial charge in [-0.25, -0.2) is 4.39 Å². The maximum atomic E-state index is 12.9. The Kier molecular flexibility index (Phi) is 4.14. The molecule has 1 unspecified atom stereocenters. The van der Waals surface area contributed by atoms with Crippen molar-refractivity contribution < 1.29 is 8.60 Å². The van der Waals surface area contributed by atoms with Crippen LogP contribution in [0.2, 0.25) is 0 Å². The summed E-state index contributed by atoms with van der Waals surface area (Å²) < 4.78 is 25.9. The summed E-state index contributed by atoms with van der Waals surface area (Å²) in [6.45, 7) is 0. The molecule has 0 aliphatic rings. The number of hydrogen-bond donors (Lipinski definition) is 1. The molecule has 0 spiro atoms. The lowest BCUT2D eigenvalue weighted by molar-refractivity contribution is 0.628. The van der Waals surface area contributed by atoms with Crippen LogP contribution in [0.3, 0.4) is 0 Å². The molecule has 94 valence electrons. The molecule has 0 bridgehead atoms. The van der Waals surface area contributed by atoms with E-state index in [0.717, 1.165) is 4.47 Å². The first-order valence-electron chi connectivity index (χ1n) is 5.25. The van der Waals surface area contributed by atoms with Crippen molar-refractivity contribution in [2.45, 2.75) is 10.6 Å². The van der Waals surface area contributed by atoms with E-state index in [4.69, 9.17) is 5.73 Å². The van der Waals surface area contributed by atoms with Crippen molar-refractivity contribution in [3.8, 4) is 0 Å². The zero-order valence-electron chi connectivity index (χ0n) is 9.40. The lowest BCUT2D eigenvalue weighted by Gasteiger charge is -2.07. The lowest BCUT2D eigenvalue weighted by Crippen LogP contribution is -2.01. The molecule has 0 aliphatic carbocycles. The monoisotopic (exact) mass is 327 g/mol. The molecule has 2 N–H and O–H groups in total. The first-order valence-corrected chi connectivity index (χ1v) is 7.36. The van der Waals surface area contributed by atoms with Crippen molar-refractivity contribution in [2.75, 3.05) is 5.73 Å². The second-order valence-electron chi connectivity index (χ2n) is 3.76. The molecule has 5 heteroatoms. The maximum absolute atomic E-state index is 12.9. The van der Waals surface area contributed by atoms with Crippen LogP contribution < -0.4 is 5.73 Å². The number of nitrogen functional groups attached to an aromatic ring is 1. The molecule has 18 heavy (non-hydrogen) atoms. The summed E-state index contributed by atoms with van der Waals surface area (Å²) >= 11 is 3.36. The van der Waals surface area contributed by atoms with Gasteiger partial charge >= 0.3 is 0 Å². The fourth-order valence-corrected chi connectivity index (χ4v) is 3.59. The van der Waals surface area contributed by atoms with E-state index in [0.29, 0.717) is 16.1 Å². The zero-order valence-corrected chi connectivity index (χ0v) is 11.8. The Morgan fingerprint density at radius 3 is 2.61 bits per heavy atom. The molecule has 0 saturated carbocycles. The Balaban J connectivity index is 2.24. The van der Waals surface area contributed by atoms with Crippen molar-refractivity contribution in [3.05, 3.63) is 58.3 Å². The van der Waals surface area contributed by atoms with Gasteiger partial charge in [0, 0.05) is 10.2 Å². The number of nitrogens with two attached hydrogens (primary N) is 1. The summed E-state index contributed by atoms with van der Waals surface area (Å²) in [4.78, 5) is 0.709. The molecular formula is C13H11BrFNOS. The third kappa shape index (κ3) is 2.97. The quantitative estimate of drug-likeness (QED) is 0.877. The highest BCUT2D eigenvalue weighted by molar-refractivity contribution is 9.10. The van der Waals surface area contributed by atoms with Gasteiger partial charge in [0.05, 0.1) is 21.4 Å². The van der Waals surface area contributed by atoms with Crippen molar-refractivity contribution >= 4 is 32.4 Å². The fraction of sp³-hybridized carbons (Fsp3) is 0.0769. The predicted octanol–water partition coefficient (Wildman–Crippen LogP) is 3.48. The van der Waals surface area contributed by atoms with Crippen LogP contribution >= 0.6 is 15.9 Å². The maximum Gasteiger partial charge on any atom is 0.125 e. The Labute approximate surface area is 116 Å². The highest BCUT2D eigenvalue weighted by Crippen LogP contribution is 2.23. The van der Waals surface area contributed by atoms with Gasteiger partial charge in [0.15, 0.2) is 0 Å².